The molecule has 0 aliphatic carbocycles. The van der Waals surface area contributed by atoms with Crippen LogP contribution in [0.4, 0.5) is 10.8 Å². The zero-order valence-corrected chi connectivity index (χ0v) is 20.5. The number of carbonyl (C=O) groups excluding carboxylic acids is 1. The summed E-state index contributed by atoms with van der Waals surface area (Å²) in [4.78, 5) is 23.1. The van der Waals surface area contributed by atoms with E-state index in [2.05, 4.69) is 49.8 Å². The minimum atomic E-state index is 0.0993. The number of hydrogen-bond donors (Lipinski definition) is 1. The first-order chi connectivity index (χ1) is 16.1. The van der Waals surface area contributed by atoms with E-state index >= 15 is 0 Å². The Morgan fingerprint density at radius 2 is 1.85 bits per heavy atom. The maximum Gasteiger partial charge on any atom is 0.258 e. The number of amides is 1. The Labute approximate surface area is 206 Å². The number of fused-ring (bicyclic) bond motifs is 2. The van der Waals surface area contributed by atoms with Crippen molar-refractivity contribution >= 4 is 51.6 Å². The van der Waals surface area contributed by atoms with Crippen LogP contribution in [0.1, 0.15) is 27.0 Å². The van der Waals surface area contributed by atoms with Crippen molar-refractivity contribution in [1.29, 1.82) is 0 Å². The summed E-state index contributed by atoms with van der Waals surface area (Å²) in [6.07, 6.45) is 0.903. The van der Waals surface area contributed by atoms with E-state index in [0.29, 0.717) is 5.15 Å². The molecule has 1 aromatic heterocycles. The van der Waals surface area contributed by atoms with Crippen LogP contribution in [-0.4, -0.2) is 47.9 Å². The topological polar surface area (TPSA) is 51.7 Å². The molecule has 3 aliphatic rings. The number of thiazole rings is 1. The Morgan fingerprint density at radius 3 is 2.67 bits per heavy atom. The molecule has 0 spiro atoms. The highest BCUT2D eigenvalue weighted by Gasteiger charge is 2.27. The Balaban J connectivity index is 1.11. The molecule has 1 fully saturated rings. The molecule has 6 nitrogen and oxygen atoms in total. The lowest BCUT2D eigenvalue weighted by molar-refractivity contribution is 0.0989. The van der Waals surface area contributed by atoms with Gasteiger partial charge in [-0.2, -0.15) is 0 Å². The molecule has 4 heterocycles. The number of anilines is 2. The average molecular weight is 498 g/mol. The van der Waals surface area contributed by atoms with E-state index in [9.17, 15) is 4.79 Å². The van der Waals surface area contributed by atoms with Gasteiger partial charge in [-0.15, -0.1) is 11.3 Å². The number of nitrogens with zero attached hydrogens (tertiary/aromatic N) is 4. The maximum absolute atomic E-state index is 13.2. The lowest BCUT2D eigenvalue weighted by atomic mass is 10.1. The van der Waals surface area contributed by atoms with Crippen molar-refractivity contribution in [2.24, 2.45) is 0 Å². The summed E-state index contributed by atoms with van der Waals surface area (Å²) in [5.74, 6) is 0.0993. The molecule has 2 aromatic carbocycles. The monoisotopic (exact) mass is 497 g/mol. The van der Waals surface area contributed by atoms with E-state index in [1.165, 1.54) is 21.6 Å². The molecule has 1 amide bonds. The maximum atomic E-state index is 13.2. The second-order valence-electron chi connectivity index (χ2n) is 8.54. The number of benzene rings is 2. The Morgan fingerprint density at radius 1 is 1.00 bits per heavy atom. The molecule has 170 valence electrons. The van der Waals surface area contributed by atoms with Gasteiger partial charge in [0.15, 0.2) is 5.13 Å². The molecule has 0 unspecified atom stereocenters. The number of aromatic nitrogens is 1. The average Bonchev–Trinajstić information content (AvgIpc) is 3.58. The van der Waals surface area contributed by atoms with Gasteiger partial charge >= 0.3 is 0 Å². The minimum Gasteiger partial charge on any atom is -0.345 e. The van der Waals surface area contributed by atoms with E-state index in [4.69, 9.17) is 11.6 Å². The third kappa shape index (κ3) is 4.26. The zero-order chi connectivity index (χ0) is 22.4. The molecule has 0 radical (unpaired) electrons. The van der Waals surface area contributed by atoms with E-state index in [1.807, 2.05) is 16.3 Å². The van der Waals surface area contributed by atoms with E-state index in [0.717, 1.165) is 68.6 Å². The van der Waals surface area contributed by atoms with Crippen molar-refractivity contribution in [2.75, 3.05) is 42.5 Å². The fourth-order valence-electron chi connectivity index (χ4n) is 4.74. The number of halogens is 1. The van der Waals surface area contributed by atoms with Crippen LogP contribution >= 0.6 is 34.9 Å². The summed E-state index contributed by atoms with van der Waals surface area (Å²) in [6.45, 7) is 6.31. The SMILES string of the molecule is O=C(c1ccc2c(c1)CNC2)N1CCc2cc(SN3CCN(c4nc(Cl)cs4)CC3)ccc21. The van der Waals surface area contributed by atoms with Crippen LogP contribution in [0.3, 0.4) is 0 Å². The van der Waals surface area contributed by atoms with E-state index in [1.54, 1.807) is 23.3 Å². The third-order valence-corrected chi connectivity index (χ3v) is 8.80. The van der Waals surface area contributed by atoms with Crippen LogP contribution in [0.2, 0.25) is 5.15 Å². The van der Waals surface area contributed by atoms with Crippen LogP contribution in [0.25, 0.3) is 0 Å². The number of nitrogens with one attached hydrogen (secondary N) is 1. The van der Waals surface area contributed by atoms with Gasteiger partial charge in [0.1, 0.15) is 5.15 Å². The van der Waals surface area contributed by atoms with Gasteiger partial charge in [0.25, 0.3) is 5.91 Å². The van der Waals surface area contributed by atoms with E-state index < -0.39 is 0 Å². The van der Waals surface area contributed by atoms with Crippen molar-refractivity contribution in [3.63, 3.8) is 0 Å². The first-order valence-corrected chi connectivity index (χ1v) is 13.2. The standard InChI is InChI=1S/C24H24ClN5OS2/c25-22-15-32-24(27-22)28-7-9-29(10-8-28)33-20-3-4-21-16(12-20)5-6-30(21)23(31)17-1-2-18-13-26-14-19(18)11-17/h1-4,11-12,15,26H,5-10,13-14H2. The first kappa shape index (κ1) is 21.4. The Hall–Kier alpha value is -2.10. The van der Waals surface area contributed by atoms with Gasteiger partial charge in [-0.3, -0.25) is 4.79 Å². The number of carbonyl (C=O) groups is 1. The van der Waals surface area contributed by atoms with Gasteiger partial charge < -0.3 is 15.1 Å². The largest absolute Gasteiger partial charge is 0.345 e. The van der Waals surface area contributed by atoms with Crippen LogP contribution in [-0.2, 0) is 19.5 Å². The Kier molecular flexibility index (Phi) is 5.80. The number of hydrogen-bond acceptors (Lipinski definition) is 7. The predicted octanol–water partition coefficient (Wildman–Crippen LogP) is 4.43. The van der Waals surface area contributed by atoms with Crippen molar-refractivity contribution in [3.8, 4) is 0 Å². The lowest BCUT2D eigenvalue weighted by Crippen LogP contribution is -2.43. The van der Waals surface area contributed by atoms with Crippen LogP contribution in [0.5, 0.6) is 0 Å². The Bertz CT molecular complexity index is 1210. The van der Waals surface area contributed by atoms with Gasteiger partial charge in [0.05, 0.1) is 0 Å². The van der Waals surface area contributed by atoms with Gasteiger partial charge in [-0.25, -0.2) is 9.29 Å². The number of rotatable bonds is 4. The van der Waals surface area contributed by atoms with Crippen molar-refractivity contribution in [2.45, 2.75) is 24.4 Å². The summed E-state index contributed by atoms with van der Waals surface area (Å²) in [5.41, 5.74) is 5.63. The minimum absolute atomic E-state index is 0.0993. The van der Waals surface area contributed by atoms with Gasteiger partial charge in [0.2, 0.25) is 0 Å². The second kappa shape index (κ2) is 8.92. The molecule has 0 atom stereocenters. The van der Waals surface area contributed by atoms with Gasteiger partial charge in [0, 0.05) is 67.3 Å². The molecule has 0 bridgehead atoms. The smallest absolute Gasteiger partial charge is 0.258 e. The molecule has 9 heteroatoms. The summed E-state index contributed by atoms with van der Waals surface area (Å²) in [6, 6.07) is 12.6. The normalized spacial score (nSPS) is 18.0. The highest BCUT2D eigenvalue weighted by atomic mass is 35.5. The molecular formula is C24H24ClN5OS2. The van der Waals surface area contributed by atoms with Crippen molar-refractivity contribution in [1.82, 2.24) is 14.6 Å². The first-order valence-electron chi connectivity index (χ1n) is 11.2. The number of piperazine rings is 1. The predicted molar refractivity (Wildman–Crippen MR) is 136 cm³/mol. The lowest BCUT2D eigenvalue weighted by Gasteiger charge is -2.33. The molecule has 33 heavy (non-hydrogen) atoms. The summed E-state index contributed by atoms with van der Waals surface area (Å²) >= 11 is 9.39. The molecule has 1 saturated heterocycles. The summed E-state index contributed by atoms with van der Waals surface area (Å²) in [7, 11) is 0. The highest BCUT2D eigenvalue weighted by molar-refractivity contribution is 7.97. The molecule has 6 rings (SSSR count). The van der Waals surface area contributed by atoms with Crippen LogP contribution < -0.4 is 15.1 Å². The van der Waals surface area contributed by atoms with Gasteiger partial charge in [-0.05, 0) is 65.4 Å². The molecule has 1 N–H and O–H groups in total. The third-order valence-electron chi connectivity index (χ3n) is 6.48. The quantitative estimate of drug-likeness (QED) is 0.538. The molecule has 3 aromatic rings. The summed E-state index contributed by atoms with van der Waals surface area (Å²) < 4.78 is 2.41. The molecule has 3 aliphatic heterocycles. The fourth-order valence-corrected chi connectivity index (χ4v) is 6.71. The van der Waals surface area contributed by atoms with Crippen molar-refractivity contribution < 1.29 is 4.79 Å². The summed E-state index contributed by atoms with van der Waals surface area (Å²) in [5, 5.41) is 6.82. The van der Waals surface area contributed by atoms with E-state index in [-0.39, 0.29) is 5.91 Å². The van der Waals surface area contributed by atoms with Crippen LogP contribution in [0, 0.1) is 0 Å². The van der Waals surface area contributed by atoms with Crippen molar-refractivity contribution in [3.05, 3.63) is 69.2 Å². The molecular weight excluding hydrogens is 474 g/mol. The highest BCUT2D eigenvalue weighted by Crippen LogP contribution is 2.35. The fraction of sp³-hybridized carbons (Fsp3) is 0.333. The molecule has 0 saturated carbocycles. The second-order valence-corrected chi connectivity index (χ2v) is 10.9. The van der Waals surface area contributed by atoms with Crippen LogP contribution in [0.15, 0.2) is 46.7 Å². The van der Waals surface area contributed by atoms with Gasteiger partial charge in [-0.1, -0.05) is 17.7 Å². The zero-order valence-electron chi connectivity index (χ0n) is 18.1.